The van der Waals surface area contributed by atoms with Gasteiger partial charge in [0, 0.05) is 22.6 Å². The lowest BCUT2D eigenvalue weighted by Crippen LogP contribution is -2.28. The maximum absolute atomic E-state index is 13.9. The molecule has 1 aromatic heterocycles. The summed E-state index contributed by atoms with van der Waals surface area (Å²) in [5.41, 5.74) is 1.69. The van der Waals surface area contributed by atoms with Gasteiger partial charge in [-0.2, -0.15) is 0 Å². The number of rotatable bonds is 5. The van der Waals surface area contributed by atoms with Crippen LogP contribution in [0, 0.1) is 25.5 Å². The number of oxime groups is 1. The molecule has 10 heteroatoms. The summed E-state index contributed by atoms with van der Waals surface area (Å²) >= 11 is 3.01. The third-order valence-electron chi connectivity index (χ3n) is 4.37. The van der Waals surface area contributed by atoms with E-state index in [0.717, 1.165) is 38.0 Å². The van der Waals surface area contributed by atoms with E-state index in [1.807, 2.05) is 26.0 Å². The number of aromatic nitrogens is 2. The van der Waals surface area contributed by atoms with Gasteiger partial charge in [-0.05, 0) is 55.8 Å². The molecule has 2 heterocycles. The molecule has 0 bridgehead atoms. The van der Waals surface area contributed by atoms with E-state index in [1.54, 1.807) is 6.07 Å². The van der Waals surface area contributed by atoms with E-state index < -0.39 is 23.6 Å². The number of benzene rings is 2. The van der Waals surface area contributed by atoms with E-state index in [-0.39, 0.29) is 17.7 Å². The van der Waals surface area contributed by atoms with Crippen molar-refractivity contribution >= 4 is 40.4 Å². The SMILES string of the molecule is Cc1nnc(Sc2ccc(NC(=O)[C@H]3CC(c4cc(F)ccc4F)=NO3)c(C)c2)s1. The highest BCUT2D eigenvalue weighted by Gasteiger charge is 2.30. The van der Waals surface area contributed by atoms with Crippen LogP contribution in [0.1, 0.15) is 22.6 Å². The van der Waals surface area contributed by atoms with Crippen LogP contribution in [0.3, 0.4) is 0 Å². The number of halogens is 2. The van der Waals surface area contributed by atoms with Crippen LogP contribution in [0.5, 0.6) is 0 Å². The minimum absolute atomic E-state index is 0.00484. The summed E-state index contributed by atoms with van der Waals surface area (Å²) in [6.45, 7) is 3.78. The number of nitrogens with one attached hydrogen (secondary N) is 1. The number of hydrogen-bond acceptors (Lipinski definition) is 7. The highest BCUT2D eigenvalue weighted by atomic mass is 32.2. The summed E-state index contributed by atoms with van der Waals surface area (Å²) in [4.78, 5) is 18.7. The molecule has 30 heavy (non-hydrogen) atoms. The molecule has 1 aliphatic heterocycles. The Bertz CT molecular complexity index is 1150. The number of nitrogens with zero attached hydrogens (tertiary/aromatic N) is 3. The maximum Gasteiger partial charge on any atom is 0.268 e. The zero-order valence-corrected chi connectivity index (χ0v) is 17.6. The average molecular weight is 447 g/mol. The Hall–Kier alpha value is -2.85. The van der Waals surface area contributed by atoms with Crippen LogP contribution in [-0.2, 0) is 9.63 Å². The van der Waals surface area contributed by atoms with Gasteiger partial charge in [-0.3, -0.25) is 4.79 Å². The van der Waals surface area contributed by atoms with Crippen LogP contribution in [0.15, 0.2) is 50.8 Å². The van der Waals surface area contributed by atoms with Crippen LogP contribution >= 0.6 is 23.1 Å². The van der Waals surface area contributed by atoms with Crippen molar-refractivity contribution in [1.29, 1.82) is 0 Å². The fraction of sp³-hybridized carbons (Fsp3) is 0.200. The second-order valence-electron chi connectivity index (χ2n) is 6.62. The highest BCUT2D eigenvalue weighted by Crippen LogP contribution is 2.32. The topological polar surface area (TPSA) is 76.5 Å². The lowest BCUT2D eigenvalue weighted by molar-refractivity contribution is -0.125. The normalized spacial score (nSPS) is 15.6. The number of amides is 1. The van der Waals surface area contributed by atoms with Crippen LogP contribution in [0.2, 0.25) is 0 Å². The van der Waals surface area contributed by atoms with Crippen molar-refractivity contribution in [2.45, 2.75) is 35.6 Å². The first kappa shape index (κ1) is 20.4. The Labute approximate surface area is 179 Å². The van der Waals surface area contributed by atoms with Gasteiger partial charge in [0.1, 0.15) is 16.6 Å². The molecule has 1 N–H and O–H groups in total. The molecule has 3 aromatic rings. The van der Waals surface area contributed by atoms with Crippen LogP contribution in [0.25, 0.3) is 0 Å². The third-order valence-corrected chi connectivity index (χ3v) is 6.25. The van der Waals surface area contributed by atoms with Crippen molar-refractivity contribution in [1.82, 2.24) is 10.2 Å². The number of carbonyl (C=O) groups is 1. The largest absolute Gasteiger partial charge is 0.382 e. The molecular weight excluding hydrogens is 430 g/mol. The second-order valence-corrected chi connectivity index (χ2v) is 9.12. The van der Waals surface area contributed by atoms with E-state index in [9.17, 15) is 13.6 Å². The standard InChI is InChI=1S/C20H16F2N4O2S2/c1-10-7-13(30-20-25-24-11(2)29-20)4-6-16(10)23-19(27)18-9-17(26-28-18)14-8-12(21)3-5-15(14)22/h3-8,18H,9H2,1-2H3,(H,23,27)/t18-/m1/s1. The number of anilines is 1. The lowest BCUT2D eigenvalue weighted by atomic mass is 10.0. The molecule has 2 aromatic carbocycles. The van der Waals surface area contributed by atoms with Gasteiger partial charge in [-0.15, -0.1) is 10.2 Å². The lowest BCUT2D eigenvalue weighted by Gasteiger charge is -2.12. The van der Waals surface area contributed by atoms with Gasteiger partial charge in [0.25, 0.3) is 5.91 Å². The summed E-state index contributed by atoms with van der Waals surface area (Å²) < 4.78 is 28.2. The zero-order valence-electron chi connectivity index (χ0n) is 16.0. The van der Waals surface area contributed by atoms with Gasteiger partial charge >= 0.3 is 0 Å². The summed E-state index contributed by atoms with van der Waals surface area (Å²) in [5, 5.41) is 15.6. The Morgan fingerprint density at radius 1 is 1.20 bits per heavy atom. The number of aryl methyl sites for hydroxylation is 2. The van der Waals surface area contributed by atoms with Crippen molar-refractivity contribution in [2.24, 2.45) is 5.16 Å². The highest BCUT2D eigenvalue weighted by molar-refractivity contribution is 8.01. The molecule has 4 rings (SSSR count). The van der Waals surface area contributed by atoms with Gasteiger partial charge in [-0.1, -0.05) is 28.3 Å². The van der Waals surface area contributed by atoms with E-state index in [2.05, 4.69) is 20.7 Å². The van der Waals surface area contributed by atoms with Gasteiger partial charge in [0.05, 0.1) is 5.71 Å². The smallest absolute Gasteiger partial charge is 0.268 e. The van der Waals surface area contributed by atoms with Crippen LogP contribution in [-0.4, -0.2) is 27.9 Å². The Morgan fingerprint density at radius 2 is 2.03 bits per heavy atom. The van der Waals surface area contributed by atoms with Crippen molar-refractivity contribution in [2.75, 3.05) is 5.32 Å². The predicted molar refractivity (Wildman–Crippen MR) is 111 cm³/mol. The van der Waals surface area contributed by atoms with E-state index >= 15 is 0 Å². The van der Waals surface area contributed by atoms with Crippen LogP contribution < -0.4 is 5.32 Å². The van der Waals surface area contributed by atoms with E-state index in [1.165, 1.54) is 23.1 Å². The molecular formula is C20H16F2N4O2S2. The van der Waals surface area contributed by atoms with Crippen molar-refractivity contribution in [3.05, 3.63) is 64.2 Å². The van der Waals surface area contributed by atoms with Gasteiger partial charge < -0.3 is 10.2 Å². The number of carbonyl (C=O) groups excluding carboxylic acids is 1. The average Bonchev–Trinajstić information content (AvgIpc) is 3.35. The third kappa shape index (κ3) is 4.49. The molecule has 6 nitrogen and oxygen atoms in total. The zero-order chi connectivity index (χ0) is 21.3. The van der Waals surface area contributed by atoms with Crippen LogP contribution in [0.4, 0.5) is 14.5 Å². The molecule has 0 radical (unpaired) electrons. The molecule has 0 saturated carbocycles. The summed E-state index contributed by atoms with van der Waals surface area (Å²) in [7, 11) is 0. The molecule has 1 atom stereocenters. The molecule has 154 valence electrons. The first-order valence-electron chi connectivity index (χ1n) is 8.96. The fourth-order valence-corrected chi connectivity index (χ4v) is 4.76. The number of hydrogen-bond donors (Lipinski definition) is 1. The monoisotopic (exact) mass is 446 g/mol. The summed E-state index contributed by atoms with van der Waals surface area (Å²) in [6.07, 6.45) is -0.865. The Kier molecular flexibility index (Phi) is 5.78. The second kappa shape index (κ2) is 8.49. The summed E-state index contributed by atoms with van der Waals surface area (Å²) in [5.74, 6) is -1.61. The van der Waals surface area contributed by atoms with Crippen molar-refractivity contribution < 1.29 is 18.4 Å². The predicted octanol–water partition coefficient (Wildman–Crippen LogP) is 4.72. The molecule has 0 spiro atoms. The van der Waals surface area contributed by atoms with Crippen molar-refractivity contribution in [3.63, 3.8) is 0 Å². The van der Waals surface area contributed by atoms with Crippen molar-refractivity contribution in [3.8, 4) is 0 Å². The molecule has 0 unspecified atom stereocenters. The van der Waals surface area contributed by atoms with Gasteiger partial charge in [-0.25, -0.2) is 8.78 Å². The molecule has 0 saturated heterocycles. The minimum atomic E-state index is -0.916. The first-order valence-corrected chi connectivity index (χ1v) is 10.6. The maximum atomic E-state index is 13.9. The molecule has 1 amide bonds. The van der Waals surface area contributed by atoms with E-state index in [0.29, 0.717) is 5.69 Å². The Morgan fingerprint density at radius 3 is 2.77 bits per heavy atom. The molecule has 0 aliphatic carbocycles. The van der Waals surface area contributed by atoms with Gasteiger partial charge in [0.2, 0.25) is 6.10 Å². The van der Waals surface area contributed by atoms with E-state index in [4.69, 9.17) is 4.84 Å². The quantitative estimate of drug-likeness (QED) is 0.614. The first-order chi connectivity index (χ1) is 14.4. The Balaban J connectivity index is 1.40. The molecule has 0 fully saturated rings. The minimum Gasteiger partial charge on any atom is -0.382 e. The fourth-order valence-electron chi connectivity index (χ4n) is 2.87. The molecule has 1 aliphatic rings. The van der Waals surface area contributed by atoms with Gasteiger partial charge in [0.15, 0.2) is 4.34 Å². The summed E-state index contributed by atoms with van der Waals surface area (Å²) in [6, 6.07) is 8.70.